The largest absolute Gasteiger partial charge is 0.497 e. The van der Waals surface area contributed by atoms with Gasteiger partial charge in [0.25, 0.3) is 0 Å². The standard InChI is InChI=1S/C27H30N2O2/c1-20(2)23-9-4-7-12-26(23)31-18-8-17-29-25-11-6-5-10-24(25)28-27(29)19-21-13-15-22(30-3)16-14-21/h4-7,9-16,20H,8,17-19H2,1-3H3. The highest BCUT2D eigenvalue weighted by Crippen LogP contribution is 2.26. The van der Waals surface area contributed by atoms with Crippen LogP contribution in [0.4, 0.5) is 0 Å². The Labute approximate surface area is 184 Å². The zero-order valence-corrected chi connectivity index (χ0v) is 18.5. The molecule has 0 spiro atoms. The molecule has 3 aromatic carbocycles. The van der Waals surface area contributed by atoms with Crippen LogP contribution in [0, 0.1) is 0 Å². The Hall–Kier alpha value is -3.27. The minimum atomic E-state index is 0.449. The second-order valence-electron chi connectivity index (χ2n) is 8.09. The minimum absolute atomic E-state index is 0.449. The van der Waals surface area contributed by atoms with E-state index in [0.29, 0.717) is 12.5 Å². The lowest BCUT2D eigenvalue weighted by Gasteiger charge is -2.14. The molecule has 4 rings (SSSR count). The number of nitrogens with zero attached hydrogens (tertiary/aromatic N) is 2. The zero-order chi connectivity index (χ0) is 21.6. The summed E-state index contributed by atoms with van der Waals surface area (Å²) < 4.78 is 13.8. The molecular formula is C27H30N2O2. The van der Waals surface area contributed by atoms with Crippen molar-refractivity contribution >= 4 is 11.0 Å². The number of aromatic nitrogens is 2. The van der Waals surface area contributed by atoms with Crippen molar-refractivity contribution in [3.8, 4) is 11.5 Å². The van der Waals surface area contributed by atoms with Crippen molar-refractivity contribution in [1.29, 1.82) is 0 Å². The zero-order valence-electron chi connectivity index (χ0n) is 18.5. The monoisotopic (exact) mass is 414 g/mol. The molecule has 0 radical (unpaired) electrons. The molecule has 1 heterocycles. The first-order valence-electron chi connectivity index (χ1n) is 10.9. The van der Waals surface area contributed by atoms with Crippen molar-refractivity contribution in [3.63, 3.8) is 0 Å². The van der Waals surface area contributed by atoms with Crippen molar-refractivity contribution in [2.45, 2.75) is 39.2 Å². The third-order valence-electron chi connectivity index (χ3n) is 5.58. The second kappa shape index (κ2) is 9.69. The van der Waals surface area contributed by atoms with Gasteiger partial charge in [0, 0.05) is 13.0 Å². The van der Waals surface area contributed by atoms with Gasteiger partial charge in [-0.1, -0.05) is 56.3 Å². The molecule has 0 saturated carbocycles. The number of ether oxygens (including phenoxy) is 2. The lowest BCUT2D eigenvalue weighted by molar-refractivity contribution is 0.298. The number of methoxy groups -OCH3 is 1. The summed E-state index contributed by atoms with van der Waals surface area (Å²) in [6, 6.07) is 24.9. The summed E-state index contributed by atoms with van der Waals surface area (Å²) in [5, 5.41) is 0. The molecule has 0 aliphatic carbocycles. The fraction of sp³-hybridized carbons (Fsp3) is 0.296. The van der Waals surface area contributed by atoms with Gasteiger partial charge < -0.3 is 14.0 Å². The van der Waals surface area contributed by atoms with E-state index in [-0.39, 0.29) is 0 Å². The number of aryl methyl sites for hydroxylation is 1. The second-order valence-corrected chi connectivity index (χ2v) is 8.09. The van der Waals surface area contributed by atoms with Gasteiger partial charge in [-0.05, 0) is 53.8 Å². The molecular weight excluding hydrogens is 384 g/mol. The van der Waals surface area contributed by atoms with Crippen LogP contribution in [0.1, 0.15) is 43.1 Å². The van der Waals surface area contributed by atoms with Crippen molar-refractivity contribution in [2.24, 2.45) is 0 Å². The topological polar surface area (TPSA) is 36.3 Å². The highest BCUT2D eigenvalue weighted by atomic mass is 16.5. The fourth-order valence-corrected chi connectivity index (χ4v) is 3.93. The van der Waals surface area contributed by atoms with E-state index in [9.17, 15) is 0 Å². The SMILES string of the molecule is COc1ccc(Cc2nc3ccccc3n2CCCOc2ccccc2C(C)C)cc1. The van der Waals surface area contributed by atoms with E-state index in [1.807, 2.05) is 24.3 Å². The number of rotatable bonds is 9. The molecule has 0 N–H and O–H groups in total. The number of hydrogen-bond donors (Lipinski definition) is 0. The fourth-order valence-electron chi connectivity index (χ4n) is 3.93. The van der Waals surface area contributed by atoms with Gasteiger partial charge in [-0.15, -0.1) is 0 Å². The number of benzene rings is 3. The van der Waals surface area contributed by atoms with E-state index in [2.05, 4.69) is 66.9 Å². The summed E-state index contributed by atoms with van der Waals surface area (Å²) in [6.07, 6.45) is 1.71. The Morgan fingerprint density at radius 2 is 1.65 bits per heavy atom. The lowest BCUT2D eigenvalue weighted by atomic mass is 10.0. The van der Waals surface area contributed by atoms with E-state index < -0.39 is 0 Å². The van der Waals surface area contributed by atoms with E-state index in [0.717, 1.165) is 42.2 Å². The van der Waals surface area contributed by atoms with Crippen LogP contribution in [-0.2, 0) is 13.0 Å². The highest BCUT2D eigenvalue weighted by molar-refractivity contribution is 5.76. The van der Waals surface area contributed by atoms with Crippen molar-refractivity contribution in [2.75, 3.05) is 13.7 Å². The van der Waals surface area contributed by atoms with Gasteiger partial charge >= 0.3 is 0 Å². The summed E-state index contributed by atoms with van der Waals surface area (Å²) in [5.74, 6) is 3.39. The smallest absolute Gasteiger partial charge is 0.122 e. The average molecular weight is 415 g/mol. The Balaban J connectivity index is 1.48. The van der Waals surface area contributed by atoms with Crippen LogP contribution in [0.15, 0.2) is 72.8 Å². The first-order valence-corrected chi connectivity index (χ1v) is 10.9. The molecule has 0 aliphatic heterocycles. The molecule has 160 valence electrons. The maximum atomic E-state index is 6.14. The van der Waals surface area contributed by atoms with Gasteiger partial charge in [-0.25, -0.2) is 4.98 Å². The predicted molar refractivity (Wildman–Crippen MR) is 126 cm³/mol. The molecule has 0 bridgehead atoms. The summed E-state index contributed by atoms with van der Waals surface area (Å²) in [4.78, 5) is 4.92. The van der Waals surface area contributed by atoms with Gasteiger partial charge in [0.1, 0.15) is 17.3 Å². The number of hydrogen-bond acceptors (Lipinski definition) is 3. The number of fused-ring (bicyclic) bond motifs is 1. The van der Waals surface area contributed by atoms with Crippen molar-refractivity contribution in [3.05, 3.63) is 89.7 Å². The normalized spacial score (nSPS) is 11.2. The Kier molecular flexibility index (Phi) is 6.56. The van der Waals surface area contributed by atoms with Gasteiger partial charge in [0.05, 0.1) is 24.8 Å². The van der Waals surface area contributed by atoms with Crippen LogP contribution in [0.2, 0.25) is 0 Å². The van der Waals surface area contributed by atoms with Gasteiger partial charge in [-0.3, -0.25) is 0 Å². The van der Waals surface area contributed by atoms with Gasteiger partial charge in [0.2, 0.25) is 0 Å². The van der Waals surface area contributed by atoms with Crippen LogP contribution in [0.3, 0.4) is 0 Å². The third kappa shape index (κ3) is 4.91. The molecule has 0 saturated heterocycles. The van der Waals surface area contributed by atoms with Crippen LogP contribution >= 0.6 is 0 Å². The summed E-state index contributed by atoms with van der Waals surface area (Å²) in [6.45, 7) is 5.95. The molecule has 31 heavy (non-hydrogen) atoms. The van der Waals surface area contributed by atoms with E-state index >= 15 is 0 Å². The van der Waals surface area contributed by atoms with E-state index in [4.69, 9.17) is 14.5 Å². The van der Waals surface area contributed by atoms with Crippen molar-refractivity contribution in [1.82, 2.24) is 9.55 Å². The molecule has 0 unspecified atom stereocenters. The molecule has 4 nitrogen and oxygen atoms in total. The van der Waals surface area contributed by atoms with Crippen LogP contribution < -0.4 is 9.47 Å². The first-order chi connectivity index (χ1) is 15.2. The number of imidazole rings is 1. The van der Waals surface area contributed by atoms with Crippen LogP contribution in [0.5, 0.6) is 11.5 Å². The average Bonchev–Trinajstić information content (AvgIpc) is 3.14. The molecule has 0 amide bonds. The minimum Gasteiger partial charge on any atom is -0.497 e. The Morgan fingerprint density at radius 3 is 2.42 bits per heavy atom. The van der Waals surface area contributed by atoms with Crippen molar-refractivity contribution < 1.29 is 9.47 Å². The van der Waals surface area contributed by atoms with Crippen LogP contribution in [0.25, 0.3) is 11.0 Å². The molecule has 0 fully saturated rings. The number of para-hydroxylation sites is 3. The van der Waals surface area contributed by atoms with E-state index in [1.165, 1.54) is 16.6 Å². The molecule has 4 aromatic rings. The molecule has 0 atom stereocenters. The van der Waals surface area contributed by atoms with Gasteiger partial charge in [0.15, 0.2) is 0 Å². The van der Waals surface area contributed by atoms with E-state index in [1.54, 1.807) is 7.11 Å². The Morgan fingerprint density at radius 1 is 0.903 bits per heavy atom. The predicted octanol–water partition coefficient (Wildman–Crippen LogP) is 6.23. The Bertz CT molecular complexity index is 1130. The molecule has 0 aliphatic rings. The lowest BCUT2D eigenvalue weighted by Crippen LogP contribution is -2.09. The quantitative estimate of drug-likeness (QED) is 0.305. The first kappa shape index (κ1) is 21.0. The summed E-state index contributed by atoms with van der Waals surface area (Å²) in [5.41, 5.74) is 4.70. The maximum absolute atomic E-state index is 6.14. The third-order valence-corrected chi connectivity index (χ3v) is 5.58. The summed E-state index contributed by atoms with van der Waals surface area (Å²) in [7, 11) is 1.69. The highest BCUT2D eigenvalue weighted by Gasteiger charge is 2.12. The molecule has 1 aromatic heterocycles. The maximum Gasteiger partial charge on any atom is 0.122 e. The van der Waals surface area contributed by atoms with Gasteiger partial charge in [-0.2, -0.15) is 0 Å². The summed E-state index contributed by atoms with van der Waals surface area (Å²) >= 11 is 0. The van der Waals surface area contributed by atoms with Crippen LogP contribution in [-0.4, -0.2) is 23.3 Å². The molecule has 4 heteroatoms.